The third kappa shape index (κ3) is 6.32. The van der Waals surface area contributed by atoms with E-state index in [1.54, 1.807) is 14.1 Å². The lowest BCUT2D eigenvalue weighted by Gasteiger charge is -2.20. The van der Waals surface area contributed by atoms with Crippen molar-refractivity contribution in [2.75, 3.05) is 20.6 Å². The van der Waals surface area contributed by atoms with Gasteiger partial charge in [-0.3, -0.25) is 4.79 Å². The minimum absolute atomic E-state index is 0.0568. The number of ether oxygens (including phenoxy) is 1. The summed E-state index contributed by atoms with van der Waals surface area (Å²) in [5.74, 6) is -1.29. The molecule has 0 aromatic heterocycles. The molecule has 8 nitrogen and oxygen atoms in total. The van der Waals surface area contributed by atoms with E-state index in [4.69, 9.17) is 33.2 Å². The second kappa shape index (κ2) is 9.43. The quantitative estimate of drug-likeness (QED) is 0.624. The van der Waals surface area contributed by atoms with Gasteiger partial charge >= 0.3 is 5.97 Å². The normalized spacial score (nSPS) is 12.4. The minimum Gasteiger partial charge on any atom is -0.480 e. The van der Waals surface area contributed by atoms with Crippen LogP contribution in [0.15, 0.2) is 41.3 Å². The van der Waals surface area contributed by atoms with Crippen molar-refractivity contribution in [3.8, 4) is 17.6 Å². The molecule has 0 aliphatic rings. The highest BCUT2D eigenvalue weighted by Gasteiger charge is 2.29. The summed E-state index contributed by atoms with van der Waals surface area (Å²) in [7, 11) is -1.14. The van der Waals surface area contributed by atoms with Gasteiger partial charge in [0.2, 0.25) is 10.0 Å². The molecule has 0 aliphatic carbocycles. The highest BCUT2D eigenvalue weighted by Crippen LogP contribution is 2.33. The summed E-state index contributed by atoms with van der Waals surface area (Å²) in [5.41, 5.74) is 0.0568. The maximum atomic E-state index is 12.9. The summed E-state index contributed by atoms with van der Waals surface area (Å²) in [6.45, 7) is -0.0768. The van der Waals surface area contributed by atoms with Crippen LogP contribution < -0.4 is 9.46 Å². The Morgan fingerprint density at radius 2 is 1.86 bits per heavy atom. The Bertz CT molecular complexity index is 1050. The lowest BCUT2D eigenvalue weighted by atomic mass is 10.2. The standard InChI is InChI=1S/C18H17Cl2N3O5S/c1-23(2)10-15(18(24)25)22-29(26,27)17-5-11(9-21)3-4-16(17)28-14-7-12(19)6-13(20)8-14/h3-8,15,22H,10H2,1-2H3,(H,24,25). The number of hydrogen-bond acceptors (Lipinski definition) is 6. The molecular weight excluding hydrogens is 441 g/mol. The molecule has 29 heavy (non-hydrogen) atoms. The van der Waals surface area contributed by atoms with E-state index in [0.29, 0.717) is 0 Å². The van der Waals surface area contributed by atoms with E-state index in [2.05, 4.69) is 4.72 Å². The zero-order valence-electron chi connectivity index (χ0n) is 15.4. The molecule has 0 saturated carbocycles. The summed E-state index contributed by atoms with van der Waals surface area (Å²) in [6.07, 6.45) is 0. The Morgan fingerprint density at radius 1 is 1.24 bits per heavy atom. The summed E-state index contributed by atoms with van der Waals surface area (Å²) >= 11 is 11.9. The monoisotopic (exact) mass is 457 g/mol. The van der Waals surface area contributed by atoms with Gasteiger partial charge in [-0.25, -0.2) is 8.42 Å². The van der Waals surface area contributed by atoms with Crippen molar-refractivity contribution >= 4 is 39.2 Å². The van der Waals surface area contributed by atoms with Crippen LogP contribution in [0.3, 0.4) is 0 Å². The van der Waals surface area contributed by atoms with Crippen molar-refractivity contribution in [2.45, 2.75) is 10.9 Å². The van der Waals surface area contributed by atoms with Gasteiger partial charge < -0.3 is 14.7 Å². The van der Waals surface area contributed by atoms with Crippen molar-refractivity contribution in [1.29, 1.82) is 5.26 Å². The molecule has 2 aromatic rings. The van der Waals surface area contributed by atoms with E-state index >= 15 is 0 Å². The van der Waals surface area contributed by atoms with Gasteiger partial charge in [0.05, 0.1) is 11.6 Å². The van der Waals surface area contributed by atoms with Crippen molar-refractivity contribution in [1.82, 2.24) is 9.62 Å². The number of hydrogen-bond donors (Lipinski definition) is 2. The molecule has 1 unspecified atom stereocenters. The average molecular weight is 458 g/mol. The number of carbonyl (C=O) groups is 1. The van der Waals surface area contributed by atoms with E-state index in [1.165, 1.54) is 35.2 Å². The van der Waals surface area contributed by atoms with Crippen LogP contribution in [0.5, 0.6) is 11.5 Å². The Kier molecular flexibility index (Phi) is 7.46. The molecular formula is C18H17Cl2N3O5S. The highest BCUT2D eigenvalue weighted by molar-refractivity contribution is 7.89. The van der Waals surface area contributed by atoms with Crippen LogP contribution in [0.25, 0.3) is 0 Å². The molecule has 2 N–H and O–H groups in total. The second-order valence-electron chi connectivity index (χ2n) is 6.25. The molecule has 0 heterocycles. The Hall–Kier alpha value is -2.35. The number of carboxylic acid groups (broad SMARTS) is 1. The van der Waals surface area contributed by atoms with Crippen LogP contribution in [-0.2, 0) is 14.8 Å². The molecule has 0 bridgehead atoms. The first-order chi connectivity index (χ1) is 13.5. The van der Waals surface area contributed by atoms with Crippen LogP contribution in [0.4, 0.5) is 0 Å². The van der Waals surface area contributed by atoms with Gasteiger partial charge in [-0.2, -0.15) is 9.98 Å². The van der Waals surface area contributed by atoms with E-state index in [1.807, 2.05) is 6.07 Å². The number of rotatable bonds is 8. The number of nitriles is 1. The van der Waals surface area contributed by atoms with Gasteiger partial charge in [-0.15, -0.1) is 0 Å². The van der Waals surface area contributed by atoms with Crippen LogP contribution in [0.1, 0.15) is 5.56 Å². The molecule has 11 heteroatoms. The van der Waals surface area contributed by atoms with Crippen LogP contribution in [0, 0.1) is 11.3 Å². The molecule has 0 amide bonds. The van der Waals surface area contributed by atoms with E-state index in [9.17, 15) is 18.3 Å². The van der Waals surface area contributed by atoms with Gasteiger partial charge in [0.1, 0.15) is 22.4 Å². The minimum atomic E-state index is -4.35. The fraction of sp³-hybridized carbons (Fsp3) is 0.222. The first kappa shape index (κ1) is 22.9. The fourth-order valence-electron chi connectivity index (χ4n) is 2.37. The number of benzene rings is 2. The topological polar surface area (TPSA) is 120 Å². The van der Waals surface area contributed by atoms with Crippen LogP contribution in [-0.4, -0.2) is 51.1 Å². The molecule has 0 spiro atoms. The van der Waals surface area contributed by atoms with Crippen LogP contribution in [0.2, 0.25) is 10.0 Å². The largest absolute Gasteiger partial charge is 0.480 e. The smallest absolute Gasteiger partial charge is 0.323 e. The number of likely N-dealkylation sites (N-methyl/N-ethyl adjacent to an activating group) is 1. The summed E-state index contributed by atoms with van der Waals surface area (Å²) < 4.78 is 33.6. The predicted molar refractivity (Wildman–Crippen MR) is 108 cm³/mol. The highest BCUT2D eigenvalue weighted by atomic mass is 35.5. The van der Waals surface area contributed by atoms with Crippen LogP contribution >= 0.6 is 23.2 Å². The van der Waals surface area contributed by atoms with Crippen molar-refractivity contribution in [3.63, 3.8) is 0 Å². The molecule has 0 saturated heterocycles. The van der Waals surface area contributed by atoms with Gasteiger partial charge in [-0.05, 0) is 50.5 Å². The summed E-state index contributed by atoms with van der Waals surface area (Å²) in [4.78, 5) is 12.6. The zero-order valence-corrected chi connectivity index (χ0v) is 17.7. The molecule has 0 fully saturated rings. The number of nitrogens with zero attached hydrogens (tertiary/aromatic N) is 2. The Morgan fingerprint density at radius 3 is 2.38 bits per heavy atom. The third-order valence-corrected chi connectivity index (χ3v) is 5.50. The number of nitrogens with one attached hydrogen (secondary N) is 1. The van der Waals surface area contributed by atoms with Crippen molar-refractivity contribution in [2.24, 2.45) is 0 Å². The molecule has 0 aliphatic heterocycles. The number of halogens is 2. The summed E-state index contributed by atoms with van der Waals surface area (Å²) in [5, 5.41) is 19.0. The SMILES string of the molecule is CN(C)CC(NS(=O)(=O)c1cc(C#N)ccc1Oc1cc(Cl)cc(Cl)c1)C(=O)O. The molecule has 0 radical (unpaired) electrons. The van der Waals surface area contributed by atoms with E-state index < -0.39 is 26.9 Å². The Labute approximate surface area is 178 Å². The lowest BCUT2D eigenvalue weighted by Crippen LogP contribution is -2.46. The Balaban J connectivity index is 2.48. The summed E-state index contributed by atoms with van der Waals surface area (Å²) in [6, 6.07) is 8.54. The van der Waals surface area contributed by atoms with Crippen molar-refractivity contribution in [3.05, 3.63) is 52.0 Å². The molecule has 2 aromatic carbocycles. The first-order valence-corrected chi connectivity index (χ1v) is 10.3. The van der Waals surface area contributed by atoms with Gasteiger partial charge in [0.15, 0.2) is 0 Å². The molecule has 1 atom stereocenters. The van der Waals surface area contributed by atoms with E-state index in [0.717, 1.165) is 6.07 Å². The molecule has 154 valence electrons. The van der Waals surface area contributed by atoms with E-state index in [-0.39, 0.29) is 33.7 Å². The number of aliphatic carboxylic acids is 1. The van der Waals surface area contributed by atoms with Crippen molar-refractivity contribution < 1.29 is 23.1 Å². The zero-order chi connectivity index (χ0) is 21.8. The van der Waals surface area contributed by atoms with Gasteiger partial charge in [0.25, 0.3) is 0 Å². The molecule has 2 rings (SSSR count). The maximum Gasteiger partial charge on any atom is 0.323 e. The predicted octanol–water partition coefficient (Wildman–Crippen LogP) is 2.95. The van der Waals surface area contributed by atoms with Gasteiger partial charge in [0, 0.05) is 16.6 Å². The number of carboxylic acids is 1. The van der Waals surface area contributed by atoms with Gasteiger partial charge in [-0.1, -0.05) is 23.2 Å². The average Bonchev–Trinajstić information content (AvgIpc) is 2.59. The first-order valence-electron chi connectivity index (χ1n) is 8.10. The lowest BCUT2D eigenvalue weighted by molar-refractivity contribution is -0.139. The number of sulfonamides is 1. The third-order valence-electron chi connectivity index (χ3n) is 3.57. The fourth-order valence-corrected chi connectivity index (χ4v) is 4.21. The maximum absolute atomic E-state index is 12.9. The second-order valence-corrected chi connectivity index (χ2v) is 8.81.